The Morgan fingerprint density at radius 2 is 1.66 bits per heavy atom. The van der Waals surface area contributed by atoms with Gasteiger partial charge in [0.25, 0.3) is 5.91 Å². The lowest BCUT2D eigenvalue weighted by Crippen LogP contribution is -2.19. The largest absolute Gasteiger partial charge is 0.364 e. The van der Waals surface area contributed by atoms with E-state index in [1.54, 1.807) is 20.0 Å². The summed E-state index contributed by atoms with van der Waals surface area (Å²) in [4.78, 5) is 31.9. The zero-order valence-corrected chi connectivity index (χ0v) is 17.2. The van der Waals surface area contributed by atoms with Gasteiger partial charge in [-0.05, 0) is 31.0 Å². The van der Waals surface area contributed by atoms with Crippen LogP contribution in [0.5, 0.6) is 0 Å². The number of rotatable bonds is 5. The molecule has 0 fully saturated rings. The van der Waals surface area contributed by atoms with Crippen LogP contribution in [0, 0.1) is 13.8 Å². The summed E-state index contributed by atoms with van der Waals surface area (Å²) in [5.74, 6) is -0.667. The van der Waals surface area contributed by atoms with Crippen molar-refractivity contribution in [2.24, 2.45) is 5.73 Å². The summed E-state index contributed by atoms with van der Waals surface area (Å²) >= 11 is 6.44. The van der Waals surface area contributed by atoms with Crippen molar-refractivity contribution in [1.29, 1.82) is 0 Å². The minimum absolute atomic E-state index is 0.0666. The Hall–Kier alpha value is -3.25. The van der Waals surface area contributed by atoms with Gasteiger partial charge in [0.15, 0.2) is 0 Å². The molecule has 3 aromatic rings. The van der Waals surface area contributed by atoms with Crippen molar-refractivity contribution in [3.8, 4) is 22.4 Å². The Labute approximate surface area is 174 Å². The molecule has 2 amide bonds. The van der Waals surface area contributed by atoms with E-state index in [-0.39, 0.29) is 18.0 Å². The summed E-state index contributed by atoms with van der Waals surface area (Å²) < 4.78 is 0. The minimum atomic E-state index is -0.600. The average Bonchev–Trinajstić information content (AvgIpc) is 2.68. The maximum absolute atomic E-state index is 11.6. The van der Waals surface area contributed by atoms with Crippen LogP contribution in [0.1, 0.15) is 27.4 Å². The number of carbonyl (C=O) groups excluding carboxylic acids is 2. The van der Waals surface area contributed by atoms with Crippen LogP contribution in [0.3, 0.4) is 0 Å². The van der Waals surface area contributed by atoms with Crippen LogP contribution in [0.25, 0.3) is 22.4 Å². The van der Waals surface area contributed by atoms with E-state index < -0.39 is 5.91 Å². The summed E-state index contributed by atoms with van der Waals surface area (Å²) in [5.41, 5.74) is 10.9. The van der Waals surface area contributed by atoms with E-state index in [9.17, 15) is 9.59 Å². The number of halogens is 1. The number of nitrogens with zero attached hydrogens (tertiary/aromatic N) is 2. The second kappa shape index (κ2) is 8.41. The van der Waals surface area contributed by atoms with Crippen molar-refractivity contribution >= 4 is 23.4 Å². The van der Waals surface area contributed by atoms with E-state index in [1.165, 1.54) is 0 Å². The summed E-state index contributed by atoms with van der Waals surface area (Å²) in [6, 6.07) is 13.3. The number of benzene rings is 2. The van der Waals surface area contributed by atoms with Gasteiger partial charge < -0.3 is 11.1 Å². The van der Waals surface area contributed by atoms with Crippen molar-refractivity contribution in [1.82, 2.24) is 15.3 Å². The molecule has 1 aromatic heterocycles. The average molecular weight is 409 g/mol. The van der Waals surface area contributed by atoms with Crippen molar-refractivity contribution in [2.75, 3.05) is 7.05 Å². The fourth-order valence-electron chi connectivity index (χ4n) is 3.12. The molecular weight excluding hydrogens is 388 g/mol. The van der Waals surface area contributed by atoms with Crippen molar-refractivity contribution < 1.29 is 9.59 Å². The van der Waals surface area contributed by atoms with E-state index >= 15 is 0 Å². The first-order valence-electron chi connectivity index (χ1n) is 9.05. The lowest BCUT2D eigenvalue weighted by atomic mass is 10.00. The highest BCUT2D eigenvalue weighted by Gasteiger charge is 2.14. The van der Waals surface area contributed by atoms with Gasteiger partial charge >= 0.3 is 0 Å². The maximum Gasteiger partial charge on any atom is 0.269 e. The van der Waals surface area contributed by atoms with Gasteiger partial charge in [-0.2, -0.15) is 0 Å². The highest BCUT2D eigenvalue weighted by Crippen LogP contribution is 2.31. The summed E-state index contributed by atoms with van der Waals surface area (Å²) in [6.45, 7) is 3.55. The molecule has 0 bridgehead atoms. The number of amides is 2. The fraction of sp³-hybridized carbons (Fsp3) is 0.182. The Morgan fingerprint density at radius 3 is 2.24 bits per heavy atom. The van der Waals surface area contributed by atoms with Crippen LogP contribution in [0.2, 0.25) is 5.02 Å². The number of hydrogen-bond acceptors (Lipinski definition) is 4. The van der Waals surface area contributed by atoms with Gasteiger partial charge in [-0.3, -0.25) is 14.6 Å². The SMILES string of the molecule is CNC(=O)Cc1ccc(-c2ccc(-c3nc(C(N)=O)c(C)nc3C)cc2)c(Cl)c1. The molecule has 6 nitrogen and oxygen atoms in total. The van der Waals surface area contributed by atoms with Crippen LogP contribution in [-0.2, 0) is 11.2 Å². The molecule has 0 unspecified atom stereocenters. The molecule has 3 N–H and O–H groups in total. The van der Waals surface area contributed by atoms with Crippen molar-refractivity contribution in [3.05, 3.63) is 70.1 Å². The zero-order chi connectivity index (χ0) is 21.1. The Kier molecular flexibility index (Phi) is 5.94. The van der Waals surface area contributed by atoms with Gasteiger partial charge in [-0.1, -0.05) is 48.0 Å². The first-order valence-corrected chi connectivity index (χ1v) is 9.42. The Bertz CT molecular complexity index is 1090. The van der Waals surface area contributed by atoms with Gasteiger partial charge in [0.05, 0.1) is 23.5 Å². The third-order valence-corrected chi connectivity index (χ3v) is 4.94. The van der Waals surface area contributed by atoms with E-state index in [0.717, 1.165) is 27.9 Å². The highest BCUT2D eigenvalue weighted by atomic mass is 35.5. The predicted octanol–water partition coefficient (Wildman–Crippen LogP) is 3.47. The van der Waals surface area contributed by atoms with Crippen molar-refractivity contribution in [2.45, 2.75) is 20.3 Å². The van der Waals surface area contributed by atoms with Gasteiger partial charge in [0.1, 0.15) is 5.69 Å². The lowest BCUT2D eigenvalue weighted by Gasteiger charge is -2.11. The molecule has 0 aliphatic rings. The smallest absolute Gasteiger partial charge is 0.269 e. The monoisotopic (exact) mass is 408 g/mol. The number of aromatic nitrogens is 2. The number of hydrogen-bond donors (Lipinski definition) is 2. The molecular formula is C22H21ClN4O2. The number of carbonyl (C=O) groups is 2. The molecule has 0 saturated carbocycles. The number of nitrogens with two attached hydrogens (primary N) is 1. The van der Waals surface area contributed by atoms with Crippen LogP contribution in [-0.4, -0.2) is 28.8 Å². The first-order chi connectivity index (χ1) is 13.8. The number of aryl methyl sites for hydroxylation is 2. The molecule has 0 atom stereocenters. The second-order valence-electron chi connectivity index (χ2n) is 6.70. The molecule has 7 heteroatoms. The Morgan fingerprint density at radius 1 is 1.00 bits per heavy atom. The summed E-state index contributed by atoms with van der Waals surface area (Å²) in [6.07, 6.45) is 0.281. The minimum Gasteiger partial charge on any atom is -0.364 e. The molecule has 2 aromatic carbocycles. The standard InChI is InChI=1S/C22H21ClN4O2/c1-12-20(27-21(22(24)29)13(2)26-12)16-7-5-15(6-8-16)17-9-4-14(10-18(17)23)11-19(28)25-3/h4-10H,11H2,1-3H3,(H2,24,29)(H,25,28). The van der Waals surface area contributed by atoms with E-state index in [0.29, 0.717) is 16.4 Å². The third kappa shape index (κ3) is 4.43. The second-order valence-corrected chi connectivity index (χ2v) is 7.10. The molecule has 0 spiro atoms. The number of primary amides is 1. The normalized spacial score (nSPS) is 10.6. The fourth-order valence-corrected chi connectivity index (χ4v) is 3.43. The van der Waals surface area contributed by atoms with Gasteiger partial charge in [0, 0.05) is 23.2 Å². The molecule has 0 radical (unpaired) electrons. The van der Waals surface area contributed by atoms with E-state index in [1.807, 2.05) is 43.3 Å². The quantitative estimate of drug-likeness (QED) is 0.675. The van der Waals surface area contributed by atoms with Crippen LogP contribution in [0.4, 0.5) is 0 Å². The molecule has 148 valence electrons. The van der Waals surface area contributed by atoms with Crippen LogP contribution in [0.15, 0.2) is 42.5 Å². The van der Waals surface area contributed by atoms with Gasteiger partial charge in [0.2, 0.25) is 5.91 Å². The molecule has 0 aliphatic heterocycles. The summed E-state index contributed by atoms with van der Waals surface area (Å²) in [7, 11) is 1.60. The topological polar surface area (TPSA) is 98.0 Å². The molecule has 0 saturated heterocycles. The van der Waals surface area contributed by atoms with Crippen LogP contribution >= 0.6 is 11.6 Å². The summed E-state index contributed by atoms with van der Waals surface area (Å²) in [5, 5.41) is 3.17. The molecule has 0 aliphatic carbocycles. The Balaban J connectivity index is 1.92. The first kappa shape index (κ1) is 20.5. The molecule has 3 rings (SSSR count). The molecule has 29 heavy (non-hydrogen) atoms. The van der Waals surface area contributed by atoms with E-state index in [2.05, 4.69) is 15.3 Å². The van der Waals surface area contributed by atoms with Crippen LogP contribution < -0.4 is 11.1 Å². The van der Waals surface area contributed by atoms with Crippen molar-refractivity contribution in [3.63, 3.8) is 0 Å². The highest BCUT2D eigenvalue weighted by molar-refractivity contribution is 6.33. The number of nitrogens with one attached hydrogen (secondary N) is 1. The predicted molar refractivity (Wildman–Crippen MR) is 114 cm³/mol. The molecule has 1 heterocycles. The lowest BCUT2D eigenvalue weighted by molar-refractivity contribution is -0.119. The van der Waals surface area contributed by atoms with Gasteiger partial charge in [-0.25, -0.2) is 4.98 Å². The zero-order valence-electron chi connectivity index (χ0n) is 16.4. The van der Waals surface area contributed by atoms with Gasteiger partial charge in [-0.15, -0.1) is 0 Å². The third-order valence-electron chi connectivity index (χ3n) is 4.62. The maximum atomic E-state index is 11.6. The number of likely N-dealkylation sites (N-methyl/N-ethyl adjacent to an activating group) is 1. The van der Waals surface area contributed by atoms with E-state index in [4.69, 9.17) is 17.3 Å².